The second-order valence-electron chi connectivity index (χ2n) is 2.11. The van der Waals surface area contributed by atoms with Crippen LogP contribution in [0.4, 0.5) is 5.13 Å². The number of nitrogen functional groups attached to an aromatic ring is 1. The van der Waals surface area contributed by atoms with Gasteiger partial charge in [-0.15, -0.1) is 11.3 Å². The van der Waals surface area contributed by atoms with Crippen molar-refractivity contribution in [3.63, 3.8) is 0 Å². The van der Waals surface area contributed by atoms with Crippen LogP contribution in [0, 0.1) is 0 Å². The van der Waals surface area contributed by atoms with E-state index in [1.165, 1.54) is 16.4 Å². The zero-order valence-corrected chi connectivity index (χ0v) is 8.17. The molecule has 11 heavy (non-hydrogen) atoms. The van der Waals surface area contributed by atoms with Gasteiger partial charge < -0.3 is 5.73 Å². The number of thiazole rings is 1. The fourth-order valence-corrected chi connectivity index (χ4v) is 2.22. The number of anilines is 1. The molecule has 0 aliphatic heterocycles. The van der Waals surface area contributed by atoms with E-state index < -0.39 is 0 Å². The van der Waals surface area contributed by atoms with E-state index in [4.69, 9.17) is 5.73 Å². The van der Waals surface area contributed by atoms with Crippen molar-refractivity contribution >= 4 is 28.2 Å². The fourth-order valence-electron chi connectivity index (χ4n) is 0.755. The number of hydrogen-bond acceptors (Lipinski definition) is 4. The molecule has 1 rings (SSSR count). The summed E-state index contributed by atoms with van der Waals surface area (Å²) in [7, 11) is 0. The van der Waals surface area contributed by atoms with Gasteiger partial charge in [0.25, 0.3) is 0 Å². The van der Waals surface area contributed by atoms with Gasteiger partial charge in [0.1, 0.15) is 0 Å². The molecular weight excluding hydrogens is 176 g/mol. The van der Waals surface area contributed by atoms with Crippen molar-refractivity contribution in [2.24, 2.45) is 0 Å². The molecule has 2 nitrogen and oxygen atoms in total. The molecular formula is C7H12N2S2. The molecule has 0 bridgehead atoms. The van der Waals surface area contributed by atoms with Gasteiger partial charge in [0.15, 0.2) is 5.13 Å². The van der Waals surface area contributed by atoms with E-state index in [2.05, 4.69) is 11.9 Å². The third-order valence-corrected chi connectivity index (χ3v) is 3.06. The first-order valence-corrected chi connectivity index (χ1v) is 5.58. The molecule has 2 N–H and O–H groups in total. The standard InChI is InChI=1S/C7H12N2S2/c1-2-10-4-3-6-5-9-7(8)11-6/h5H,2-4H2,1H3,(H2,8,9). The maximum Gasteiger partial charge on any atom is 0.180 e. The predicted molar refractivity (Wildman–Crippen MR) is 53.2 cm³/mol. The van der Waals surface area contributed by atoms with Gasteiger partial charge >= 0.3 is 0 Å². The van der Waals surface area contributed by atoms with Gasteiger partial charge in [0, 0.05) is 11.1 Å². The highest BCUT2D eigenvalue weighted by atomic mass is 32.2. The van der Waals surface area contributed by atoms with E-state index in [-0.39, 0.29) is 0 Å². The molecule has 0 fully saturated rings. The largest absolute Gasteiger partial charge is 0.375 e. The Hall–Kier alpha value is -0.220. The Morgan fingerprint density at radius 3 is 3.09 bits per heavy atom. The lowest BCUT2D eigenvalue weighted by atomic mass is 10.4. The number of nitrogens with two attached hydrogens (primary N) is 1. The molecule has 0 amide bonds. The smallest absolute Gasteiger partial charge is 0.180 e. The summed E-state index contributed by atoms with van der Waals surface area (Å²) >= 11 is 3.54. The zero-order chi connectivity index (χ0) is 8.10. The molecule has 62 valence electrons. The van der Waals surface area contributed by atoms with Crippen LogP contribution in [-0.2, 0) is 6.42 Å². The molecule has 0 spiro atoms. The maximum atomic E-state index is 5.48. The summed E-state index contributed by atoms with van der Waals surface area (Å²) in [4.78, 5) is 5.28. The minimum atomic E-state index is 0.682. The van der Waals surface area contributed by atoms with Gasteiger partial charge in [-0.05, 0) is 17.9 Å². The molecule has 0 unspecified atom stereocenters. The lowest BCUT2D eigenvalue weighted by Crippen LogP contribution is -1.84. The van der Waals surface area contributed by atoms with E-state index in [9.17, 15) is 0 Å². The summed E-state index contributed by atoms with van der Waals surface area (Å²) in [5, 5.41) is 0.682. The number of hydrogen-bond donors (Lipinski definition) is 1. The first-order valence-electron chi connectivity index (χ1n) is 3.61. The molecule has 0 aliphatic rings. The Balaban J connectivity index is 2.27. The van der Waals surface area contributed by atoms with Crippen molar-refractivity contribution in [1.82, 2.24) is 4.98 Å². The Morgan fingerprint density at radius 2 is 2.55 bits per heavy atom. The van der Waals surface area contributed by atoms with Crippen LogP contribution >= 0.6 is 23.1 Å². The zero-order valence-electron chi connectivity index (χ0n) is 6.54. The monoisotopic (exact) mass is 188 g/mol. The summed E-state index contributed by atoms with van der Waals surface area (Å²) in [6, 6.07) is 0. The molecule has 0 saturated heterocycles. The van der Waals surface area contributed by atoms with Crippen LogP contribution in [0.5, 0.6) is 0 Å². The topological polar surface area (TPSA) is 38.9 Å². The van der Waals surface area contributed by atoms with Crippen LogP contribution in [0.15, 0.2) is 6.20 Å². The van der Waals surface area contributed by atoms with Crippen molar-refractivity contribution in [3.05, 3.63) is 11.1 Å². The van der Waals surface area contributed by atoms with Gasteiger partial charge in [0.05, 0.1) is 0 Å². The van der Waals surface area contributed by atoms with Crippen molar-refractivity contribution in [2.75, 3.05) is 17.2 Å². The second-order valence-corrected chi connectivity index (χ2v) is 4.65. The van der Waals surface area contributed by atoms with Gasteiger partial charge in [0.2, 0.25) is 0 Å². The summed E-state index contributed by atoms with van der Waals surface area (Å²) in [5.74, 6) is 2.37. The molecule has 0 radical (unpaired) electrons. The van der Waals surface area contributed by atoms with Crippen LogP contribution in [0.3, 0.4) is 0 Å². The molecule has 0 aliphatic carbocycles. The normalized spacial score (nSPS) is 10.3. The van der Waals surface area contributed by atoms with Gasteiger partial charge in [-0.2, -0.15) is 11.8 Å². The average Bonchev–Trinajstić information content (AvgIpc) is 2.37. The molecule has 0 saturated carbocycles. The highest BCUT2D eigenvalue weighted by Crippen LogP contribution is 2.16. The summed E-state index contributed by atoms with van der Waals surface area (Å²) in [6.45, 7) is 2.17. The van der Waals surface area contributed by atoms with E-state index in [1.807, 2.05) is 18.0 Å². The quantitative estimate of drug-likeness (QED) is 0.735. The van der Waals surface area contributed by atoms with Crippen LogP contribution in [0.2, 0.25) is 0 Å². The van der Waals surface area contributed by atoms with Gasteiger partial charge in [-0.1, -0.05) is 6.92 Å². The highest BCUT2D eigenvalue weighted by Gasteiger charge is 1.96. The third kappa shape index (κ3) is 3.12. The summed E-state index contributed by atoms with van der Waals surface area (Å²) < 4.78 is 0. The van der Waals surface area contributed by atoms with Crippen LogP contribution < -0.4 is 5.73 Å². The average molecular weight is 188 g/mol. The Labute approximate surface area is 75.2 Å². The molecule has 1 aromatic rings. The van der Waals surface area contributed by atoms with Gasteiger partial charge in [-0.25, -0.2) is 4.98 Å². The number of nitrogens with zero attached hydrogens (tertiary/aromatic N) is 1. The number of thioether (sulfide) groups is 1. The first kappa shape index (κ1) is 8.87. The Morgan fingerprint density at radius 1 is 1.73 bits per heavy atom. The fraction of sp³-hybridized carbons (Fsp3) is 0.571. The van der Waals surface area contributed by atoms with E-state index in [1.54, 1.807) is 11.3 Å². The Bertz CT molecular complexity index is 210. The molecule has 0 atom stereocenters. The second kappa shape index (κ2) is 4.62. The lowest BCUT2D eigenvalue weighted by molar-refractivity contribution is 1.18. The van der Waals surface area contributed by atoms with Crippen LogP contribution in [0.25, 0.3) is 0 Å². The molecule has 0 aromatic carbocycles. The van der Waals surface area contributed by atoms with Crippen molar-refractivity contribution in [3.8, 4) is 0 Å². The summed E-state index contributed by atoms with van der Waals surface area (Å²) in [5.41, 5.74) is 5.48. The van der Waals surface area contributed by atoms with Crippen LogP contribution in [0.1, 0.15) is 11.8 Å². The van der Waals surface area contributed by atoms with E-state index in [0.717, 1.165) is 6.42 Å². The molecule has 1 aromatic heterocycles. The Kier molecular flexibility index (Phi) is 3.72. The van der Waals surface area contributed by atoms with Crippen molar-refractivity contribution in [1.29, 1.82) is 0 Å². The minimum Gasteiger partial charge on any atom is -0.375 e. The first-order chi connectivity index (χ1) is 5.33. The van der Waals surface area contributed by atoms with Crippen LogP contribution in [-0.4, -0.2) is 16.5 Å². The number of rotatable bonds is 4. The predicted octanol–water partition coefficient (Wildman–Crippen LogP) is 2.02. The summed E-state index contributed by atoms with van der Waals surface area (Å²) in [6.07, 6.45) is 2.98. The number of aryl methyl sites for hydroxylation is 1. The lowest BCUT2D eigenvalue weighted by Gasteiger charge is -1.93. The minimum absolute atomic E-state index is 0.682. The van der Waals surface area contributed by atoms with E-state index >= 15 is 0 Å². The van der Waals surface area contributed by atoms with E-state index in [0.29, 0.717) is 5.13 Å². The van der Waals surface area contributed by atoms with Crippen molar-refractivity contribution in [2.45, 2.75) is 13.3 Å². The maximum absolute atomic E-state index is 5.48. The molecule has 1 heterocycles. The van der Waals surface area contributed by atoms with Crippen molar-refractivity contribution < 1.29 is 0 Å². The molecule has 4 heteroatoms. The van der Waals surface area contributed by atoms with Gasteiger partial charge in [-0.3, -0.25) is 0 Å². The number of aromatic nitrogens is 1. The SMILES string of the molecule is CCSCCc1cnc(N)s1. The third-order valence-electron chi connectivity index (χ3n) is 1.27. The highest BCUT2D eigenvalue weighted by molar-refractivity contribution is 7.99.